The van der Waals surface area contributed by atoms with E-state index in [1.54, 1.807) is 11.3 Å². The first-order valence-corrected chi connectivity index (χ1v) is 9.59. The van der Waals surface area contributed by atoms with Gasteiger partial charge in [0.2, 0.25) is 0 Å². The molecule has 2 nitrogen and oxygen atoms in total. The van der Waals surface area contributed by atoms with Crippen LogP contribution in [0.1, 0.15) is 0 Å². The van der Waals surface area contributed by atoms with Gasteiger partial charge in [-0.1, -0.05) is 66.2 Å². The van der Waals surface area contributed by atoms with E-state index in [0.717, 1.165) is 32.2 Å². The summed E-state index contributed by atoms with van der Waals surface area (Å²) in [5, 5.41) is 5.22. The molecule has 3 aromatic carbocycles. The van der Waals surface area contributed by atoms with Crippen molar-refractivity contribution in [1.82, 2.24) is 4.57 Å². The summed E-state index contributed by atoms with van der Waals surface area (Å²) in [6, 6.07) is 22.4. The molecule has 1 heterocycles. The number of aromatic nitrogens is 1. The minimum atomic E-state index is 0. The minimum Gasteiger partial charge on any atom is -1.00 e. The lowest BCUT2D eigenvalue weighted by Crippen LogP contribution is -3.00. The maximum absolute atomic E-state index is 6.03. The Labute approximate surface area is 177 Å². The van der Waals surface area contributed by atoms with Gasteiger partial charge in [-0.25, -0.2) is 4.99 Å². The van der Waals surface area contributed by atoms with Gasteiger partial charge in [0, 0.05) is 22.3 Å². The average molecular weight is 457 g/mol. The molecule has 0 unspecified atom stereocenters. The Kier molecular flexibility index (Phi) is 6.32. The third-order valence-corrected chi connectivity index (χ3v) is 5.35. The fourth-order valence-electron chi connectivity index (χ4n) is 2.98. The number of thiazole rings is 1. The highest BCUT2D eigenvalue weighted by atomic mass is 79.9. The van der Waals surface area contributed by atoms with Crippen molar-refractivity contribution in [3.05, 3.63) is 94.6 Å². The van der Waals surface area contributed by atoms with Crippen LogP contribution in [-0.4, -0.2) is 4.57 Å². The maximum Gasteiger partial charge on any atom is 0.190 e. The second kappa shape index (κ2) is 8.70. The van der Waals surface area contributed by atoms with E-state index in [2.05, 4.69) is 40.8 Å². The number of halogens is 2. The minimum absolute atomic E-state index is 0. The molecule has 0 amide bonds. The summed E-state index contributed by atoms with van der Waals surface area (Å²) in [7, 11) is 0. The lowest BCUT2D eigenvalue weighted by Gasteiger charge is -2.07. The molecule has 4 aromatic rings. The Morgan fingerprint density at radius 3 is 2.52 bits per heavy atom. The predicted octanol–water partition coefficient (Wildman–Crippen LogP) is 3.45. The summed E-state index contributed by atoms with van der Waals surface area (Å²) >= 11 is 7.66. The molecular formula is C22H17BrClN2S-. The standard InChI is InChI=1S/C22H17ClN2S.BrH/c1-2-14-25-21(17-10-12-18(23)13-11-17)15-26-22(25)24-20-9-5-7-16-6-3-4-8-19(16)20;/h2-13,15H,1,14H2;1H/p-1. The first kappa shape index (κ1) is 19.6. The fraction of sp³-hybridized carbons (Fsp3) is 0.0455. The second-order valence-corrected chi connectivity index (χ2v) is 7.19. The van der Waals surface area contributed by atoms with E-state index < -0.39 is 0 Å². The van der Waals surface area contributed by atoms with Gasteiger partial charge in [-0.05, 0) is 29.1 Å². The first-order chi connectivity index (χ1) is 12.8. The molecule has 0 atom stereocenters. The zero-order valence-electron chi connectivity index (χ0n) is 14.5. The van der Waals surface area contributed by atoms with E-state index in [-0.39, 0.29) is 17.0 Å². The van der Waals surface area contributed by atoms with Gasteiger partial charge in [-0.15, -0.1) is 17.9 Å². The molecular weight excluding hydrogens is 440 g/mol. The number of hydrogen-bond acceptors (Lipinski definition) is 2. The largest absolute Gasteiger partial charge is 1.00 e. The Morgan fingerprint density at radius 1 is 1.00 bits per heavy atom. The number of allylic oxidation sites excluding steroid dienone is 1. The van der Waals surface area contributed by atoms with Crippen LogP contribution in [0.2, 0.25) is 5.02 Å². The van der Waals surface area contributed by atoms with Crippen molar-refractivity contribution in [3.8, 4) is 11.3 Å². The van der Waals surface area contributed by atoms with Gasteiger partial charge in [-0.3, -0.25) is 0 Å². The summed E-state index contributed by atoms with van der Waals surface area (Å²) in [6.45, 7) is 4.60. The van der Waals surface area contributed by atoms with Crippen molar-refractivity contribution >= 4 is 39.4 Å². The van der Waals surface area contributed by atoms with Gasteiger partial charge in [0.25, 0.3) is 0 Å². The Bertz CT molecular complexity index is 1140. The molecule has 136 valence electrons. The van der Waals surface area contributed by atoms with Gasteiger partial charge in [-0.2, -0.15) is 0 Å². The molecule has 27 heavy (non-hydrogen) atoms. The Hall–Kier alpha value is -2.14. The van der Waals surface area contributed by atoms with Crippen molar-refractivity contribution in [3.63, 3.8) is 0 Å². The summed E-state index contributed by atoms with van der Waals surface area (Å²) in [5.74, 6) is 0. The maximum atomic E-state index is 6.03. The fourth-order valence-corrected chi connectivity index (χ4v) is 4.04. The van der Waals surface area contributed by atoms with E-state index in [1.807, 2.05) is 48.5 Å². The summed E-state index contributed by atoms with van der Waals surface area (Å²) in [5.41, 5.74) is 3.21. The highest BCUT2D eigenvalue weighted by Crippen LogP contribution is 2.26. The monoisotopic (exact) mass is 455 g/mol. The predicted molar refractivity (Wildman–Crippen MR) is 112 cm³/mol. The molecule has 0 spiro atoms. The Balaban J connectivity index is 0.00000210. The zero-order chi connectivity index (χ0) is 17.9. The first-order valence-electron chi connectivity index (χ1n) is 8.34. The molecule has 0 bridgehead atoms. The highest BCUT2D eigenvalue weighted by Gasteiger charge is 2.08. The van der Waals surface area contributed by atoms with Crippen LogP contribution in [0.4, 0.5) is 5.69 Å². The van der Waals surface area contributed by atoms with Crippen LogP contribution in [0.25, 0.3) is 22.0 Å². The molecule has 0 saturated heterocycles. The van der Waals surface area contributed by atoms with Crippen molar-refractivity contribution < 1.29 is 17.0 Å². The quantitative estimate of drug-likeness (QED) is 0.419. The van der Waals surface area contributed by atoms with Crippen molar-refractivity contribution in [1.29, 1.82) is 0 Å². The summed E-state index contributed by atoms with van der Waals surface area (Å²) in [4.78, 5) is 5.91. The molecule has 1 aromatic heterocycles. The van der Waals surface area contributed by atoms with E-state index >= 15 is 0 Å². The molecule has 0 N–H and O–H groups in total. The lowest BCUT2D eigenvalue weighted by atomic mass is 10.1. The van der Waals surface area contributed by atoms with E-state index in [4.69, 9.17) is 16.6 Å². The van der Waals surface area contributed by atoms with Gasteiger partial charge in [0.15, 0.2) is 4.80 Å². The van der Waals surface area contributed by atoms with Gasteiger partial charge in [0.1, 0.15) is 0 Å². The van der Waals surface area contributed by atoms with Crippen LogP contribution < -0.4 is 21.8 Å². The van der Waals surface area contributed by atoms with Gasteiger partial charge >= 0.3 is 0 Å². The van der Waals surface area contributed by atoms with E-state index in [0.29, 0.717) is 6.54 Å². The van der Waals surface area contributed by atoms with E-state index in [9.17, 15) is 0 Å². The van der Waals surface area contributed by atoms with Gasteiger partial charge < -0.3 is 21.5 Å². The molecule has 0 saturated carbocycles. The van der Waals surface area contributed by atoms with Crippen molar-refractivity contribution in [2.75, 3.05) is 0 Å². The number of hydrogen-bond donors (Lipinski definition) is 0. The van der Waals surface area contributed by atoms with Crippen LogP contribution in [0, 0.1) is 0 Å². The third kappa shape index (κ3) is 4.08. The van der Waals surface area contributed by atoms with Crippen molar-refractivity contribution in [2.24, 2.45) is 4.99 Å². The van der Waals surface area contributed by atoms with E-state index in [1.165, 1.54) is 5.39 Å². The second-order valence-electron chi connectivity index (χ2n) is 5.92. The molecule has 0 radical (unpaired) electrons. The van der Waals surface area contributed by atoms with Crippen LogP contribution in [0.15, 0.2) is 89.8 Å². The molecule has 0 aliphatic heterocycles. The molecule has 5 heteroatoms. The number of nitrogens with zero attached hydrogens (tertiary/aromatic N) is 2. The third-order valence-electron chi connectivity index (χ3n) is 4.23. The smallest absolute Gasteiger partial charge is 0.190 e. The summed E-state index contributed by atoms with van der Waals surface area (Å²) in [6.07, 6.45) is 1.90. The van der Waals surface area contributed by atoms with Crippen LogP contribution in [0.3, 0.4) is 0 Å². The molecule has 0 aliphatic rings. The highest BCUT2D eigenvalue weighted by molar-refractivity contribution is 7.07. The molecule has 0 aliphatic carbocycles. The number of fused-ring (bicyclic) bond motifs is 1. The number of benzene rings is 3. The zero-order valence-corrected chi connectivity index (χ0v) is 17.6. The topological polar surface area (TPSA) is 17.3 Å². The van der Waals surface area contributed by atoms with Crippen molar-refractivity contribution in [2.45, 2.75) is 6.54 Å². The average Bonchev–Trinajstić information content (AvgIpc) is 3.06. The van der Waals surface area contributed by atoms with Gasteiger partial charge in [0.05, 0.1) is 11.4 Å². The van der Waals surface area contributed by atoms with Crippen LogP contribution >= 0.6 is 22.9 Å². The molecule has 0 fully saturated rings. The normalized spacial score (nSPS) is 11.4. The molecule has 4 rings (SSSR count). The summed E-state index contributed by atoms with van der Waals surface area (Å²) < 4.78 is 2.18. The van der Waals surface area contributed by atoms with Crippen LogP contribution in [-0.2, 0) is 6.54 Å². The lowest BCUT2D eigenvalue weighted by molar-refractivity contribution is -0.00000493. The SMILES string of the molecule is C=CCn1c(-c2ccc(Cl)cc2)csc1=Nc1cccc2ccccc12.[Br-]. The number of rotatable bonds is 4. The Morgan fingerprint density at radius 2 is 1.74 bits per heavy atom. The van der Waals surface area contributed by atoms with Crippen LogP contribution in [0.5, 0.6) is 0 Å².